The van der Waals surface area contributed by atoms with Gasteiger partial charge in [0.25, 0.3) is 5.91 Å². The number of hydrogen-bond acceptors (Lipinski definition) is 7. The van der Waals surface area contributed by atoms with Crippen LogP contribution >= 0.6 is 0 Å². The number of pyridine rings is 1. The van der Waals surface area contributed by atoms with Gasteiger partial charge in [0.1, 0.15) is 17.1 Å². The molecule has 1 aliphatic heterocycles. The molecule has 0 aliphatic carbocycles. The summed E-state index contributed by atoms with van der Waals surface area (Å²) in [6.45, 7) is 0.339. The van der Waals surface area contributed by atoms with Crippen molar-refractivity contribution >= 4 is 5.91 Å². The Labute approximate surface area is 201 Å². The molecule has 0 radical (unpaired) electrons. The maximum absolute atomic E-state index is 13.6. The van der Waals surface area contributed by atoms with Gasteiger partial charge in [-0.15, -0.1) is 0 Å². The van der Waals surface area contributed by atoms with Gasteiger partial charge in [-0.25, -0.2) is 0 Å². The maximum atomic E-state index is 13.6. The summed E-state index contributed by atoms with van der Waals surface area (Å²) in [5, 5.41) is 17.9. The van der Waals surface area contributed by atoms with Crippen LogP contribution in [0.15, 0.2) is 60.9 Å². The first-order chi connectivity index (χ1) is 17.1. The van der Waals surface area contributed by atoms with Gasteiger partial charge < -0.3 is 24.2 Å². The van der Waals surface area contributed by atoms with Gasteiger partial charge in [0.15, 0.2) is 11.5 Å². The van der Waals surface area contributed by atoms with Crippen LogP contribution in [0.4, 0.5) is 0 Å². The normalized spacial score (nSPS) is 14.7. The lowest BCUT2D eigenvalue weighted by atomic mass is 9.95. The molecule has 3 heterocycles. The average molecular weight is 473 g/mol. The predicted molar refractivity (Wildman–Crippen MR) is 128 cm³/mol. The fourth-order valence-corrected chi connectivity index (χ4v) is 4.53. The fourth-order valence-electron chi connectivity index (χ4n) is 4.53. The average Bonchev–Trinajstić information content (AvgIpc) is 3.43. The van der Waals surface area contributed by atoms with E-state index in [0.717, 1.165) is 11.1 Å². The molecule has 0 bridgehead atoms. The van der Waals surface area contributed by atoms with Crippen LogP contribution in [0, 0.1) is 0 Å². The van der Waals surface area contributed by atoms with E-state index in [1.165, 1.54) is 0 Å². The number of hydrogen-bond donors (Lipinski definition) is 2. The van der Waals surface area contributed by atoms with Crippen molar-refractivity contribution in [2.45, 2.75) is 12.6 Å². The Bertz CT molecular complexity index is 1360. The molecule has 0 spiro atoms. The minimum Gasteiger partial charge on any atom is -0.507 e. The molecule has 4 aromatic rings. The van der Waals surface area contributed by atoms with Crippen molar-refractivity contribution in [3.8, 4) is 34.3 Å². The highest BCUT2D eigenvalue weighted by molar-refractivity contribution is 6.00. The Morgan fingerprint density at radius 3 is 2.31 bits per heavy atom. The zero-order valence-corrected chi connectivity index (χ0v) is 19.5. The second-order valence-electron chi connectivity index (χ2n) is 8.03. The lowest BCUT2D eigenvalue weighted by molar-refractivity contribution is 0.0729. The number of methoxy groups -OCH3 is 3. The van der Waals surface area contributed by atoms with E-state index in [-0.39, 0.29) is 11.7 Å². The second kappa shape index (κ2) is 9.02. The van der Waals surface area contributed by atoms with Crippen molar-refractivity contribution in [2.24, 2.45) is 0 Å². The fraction of sp³-hybridized carbons (Fsp3) is 0.192. The first kappa shape index (κ1) is 22.3. The van der Waals surface area contributed by atoms with Crippen LogP contribution in [-0.4, -0.2) is 52.4 Å². The van der Waals surface area contributed by atoms with E-state index >= 15 is 0 Å². The number of amides is 1. The molecule has 1 atom stereocenters. The number of aromatic hydroxyl groups is 1. The molecule has 2 N–H and O–H groups in total. The minimum atomic E-state index is -0.535. The first-order valence-electron chi connectivity index (χ1n) is 10.9. The monoisotopic (exact) mass is 472 g/mol. The first-order valence-corrected chi connectivity index (χ1v) is 10.9. The van der Waals surface area contributed by atoms with Crippen LogP contribution in [0.1, 0.15) is 33.2 Å². The number of carbonyl (C=O) groups excluding carboxylic acids is 1. The number of phenols is 1. The Kier molecular flexibility index (Phi) is 5.74. The van der Waals surface area contributed by atoms with E-state index in [9.17, 15) is 9.90 Å². The molecular formula is C26H24N4O5. The number of benzene rings is 2. The minimum absolute atomic E-state index is 0.0745. The topological polar surface area (TPSA) is 110 Å². The predicted octanol–water partition coefficient (Wildman–Crippen LogP) is 3.95. The summed E-state index contributed by atoms with van der Waals surface area (Å²) in [5.74, 6) is 1.27. The van der Waals surface area contributed by atoms with Crippen LogP contribution in [0.2, 0.25) is 0 Å². The quantitative estimate of drug-likeness (QED) is 0.419. The molecule has 2 aromatic carbocycles. The van der Waals surface area contributed by atoms with Crippen molar-refractivity contribution in [1.82, 2.24) is 20.1 Å². The van der Waals surface area contributed by atoms with E-state index in [2.05, 4.69) is 15.2 Å². The number of aromatic nitrogens is 3. The summed E-state index contributed by atoms with van der Waals surface area (Å²) < 4.78 is 16.7. The number of ether oxygens (including phenoxy) is 3. The van der Waals surface area contributed by atoms with Gasteiger partial charge in [0.05, 0.1) is 27.4 Å². The molecular weight excluding hydrogens is 448 g/mol. The highest BCUT2D eigenvalue weighted by atomic mass is 16.5. The maximum Gasteiger partial charge on any atom is 0.273 e. The van der Waals surface area contributed by atoms with E-state index in [1.807, 2.05) is 30.3 Å². The lowest BCUT2D eigenvalue weighted by Crippen LogP contribution is -2.29. The number of phenolic OH excluding ortho intramolecular Hbond substituents is 1. The van der Waals surface area contributed by atoms with Crippen LogP contribution < -0.4 is 14.2 Å². The number of carbonyl (C=O) groups is 1. The van der Waals surface area contributed by atoms with E-state index in [1.54, 1.807) is 56.8 Å². The van der Waals surface area contributed by atoms with Crippen LogP contribution in [-0.2, 0) is 6.54 Å². The largest absolute Gasteiger partial charge is 0.507 e. The molecule has 0 saturated heterocycles. The van der Waals surface area contributed by atoms with Gasteiger partial charge in [-0.2, -0.15) is 5.10 Å². The van der Waals surface area contributed by atoms with Crippen molar-refractivity contribution in [3.05, 3.63) is 83.3 Å². The summed E-state index contributed by atoms with van der Waals surface area (Å²) in [6.07, 6.45) is 3.39. The highest BCUT2D eigenvalue weighted by Crippen LogP contribution is 2.48. The van der Waals surface area contributed by atoms with Crippen molar-refractivity contribution in [2.75, 3.05) is 21.3 Å². The Morgan fingerprint density at radius 1 is 1.00 bits per heavy atom. The molecule has 178 valence electrons. The van der Waals surface area contributed by atoms with Crippen LogP contribution in [0.3, 0.4) is 0 Å². The number of aromatic amines is 1. The number of H-pyrrole nitrogens is 1. The SMILES string of the molecule is COc1cc([C@H]2c3c(-c4ccccc4O)n[nH]c3C(=O)N2Cc2ccncc2)cc(OC)c1OC. The molecule has 0 saturated carbocycles. The number of para-hydroxylation sites is 1. The summed E-state index contributed by atoms with van der Waals surface area (Å²) in [7, 11) is 4.64. The molecule has 2 aromatic heterocycles. The zero-order valence-electron chi connectivity index (χ0n) is 19.5. The second-order valence-corrected chi connectivity index (χ2v) is 8.03. The third-order valence-electron chi connectivity index (χ3n) is 6.13. The molecule has 9 heteroatoms. The molecule has 5 rings (SSSR count). The number of nitrogens with zero attached hydrogens (tertiary/aromatic N) is 3. The number of rotatable bonds is 7. The van der Waals surface area contributed by atoms with E-state index in [4.69, 9.17) is 14.2 Å². The summed E-state index contributed by atoms with van der Waals surface area (Å²) >= 11 is 0. The number of nitrogens with one attached hydrogen (secondary N) is 1. The Balaban J connectivity index is 1.72. The van der Waals surface area contributed by atoms with Gasteiger partial charge in [-0.1, -0.05) is 12.1 Å². The van der Waals surface area contributed by atoms with Gasteiger partial charge in [-0.05, 0) is 47.5 Å². The van der Waals surface area contributed by atoms with Crippen LogP contribution in [0.5, 0.6) is 23.0 Å². The van der Waals surface area contributed by atoms with Crippen LogP contribution in [0.25, 0.3) is 11.3 Å². The third kappa shape index (κ3) is 3.71. The highest BCUT2D eigenvalue weighted by Gasteiger charge is 2.43. The van der Waals surface area contributed by atoms with Crippen molar-refractivity contribution < 1.29 is 24.1 Å². The molecule has 1 amide bonds. The molecule has 0 fully saturated rings. The van der Waals surface area contributed by atoms with Gasteiger partial charge in [-0.3, -0.25) is 14.9 Å². The summed E-state index contributed by atoms with van der Waals surface area (Å²) in [4.78, 5) is 19.5. The van der Waals surface area contributed by atoms with Crippen molar-refractivity contribution in [3.63, 3.8) is 0 Å². The zero-order chi connectivity index (χ0) is 24.5. The smallest absolute Gasteiger partial charge is 0.273 e. The molecule has 9 nitrogen and oxygen atoms in total. The van der Waals surface area contributed by atoms with Gasteiger partial charge in [0, 0.05) is 30.1 Å². The molecule has 1 aliphatic rings. The third-order valence-corrected chi connectivity index (χ3v) is 6.13. The summed E-state index contributed by atoms with van der Waals surface area (Å²) in [5.41, 5.74) is 3.74. The lowest BCUT2D eigenvalue weighted by Gasteiger charge is -2.27. The Morgan fingerprint density at radius 2 is 1.69 bits per heavy atom. The van der Waals surface area contributed by atoms with Crippen molar-refractivity contribution in [1.29, 1.82) is 0 Å². The standard InChI is InChI=1S/C26H24N4O5/c1-33-19-12-16(13-20(34-2)25(19)35-3)24-21-22(17-6-4-5-7-18(17)31)28-29-23(21)26(32)30(24)14-15-8-10-27-11-9-15/h4-13,24,31H,14H2,1-3H3,(H,28,29)/t24-/m0/s1. The van der Waals surface area contributed by atoms with E-state index in [0.29, 0.717) is 46.3 Å². The van der Waals surface area contributed by atoms with Gasteiger partial charge in [0.2, 0.25) is 5.75 Å². The molecule has 35 heavy (non-hydrogen) atoms. The van der Waals surface area contributed by atoms with E-state index < -0.39 is 6.04 Å². The van der Waals surface area contributed by atoms with Gasteiger partial charge >= 0.3 is 0 Å². The molecule has 0 unspecified atom stereocenters. The number of fused-ring (bicyclic) bond motifs is 1. The summed E-state index contributed by atoms with van der Waals surface area (Å²) in [6, 6.07) is 13.8. The Hall–Kier alpha value is -4.53.